The van der Waals surface area contributed by atoms with E-state index in [9.17, 15) is 18.0 Å². The highest BCUT2D eigenvalue weighted by molar-refractivity contribution is 9.10. The molecule has 0 aliphatic carbocycles. The van der Waals surface area contributed by atoms with Crippen LogP contribution in [0.1, 0.15) is 27.2 Å². The molecule has 1 aromatic heterocycles. The summed E-state index contributed by atoms with van der Waals surface area (Å²) in [6, 6.07) is 10.2. The van der Waals surface area contributed by atoms with Gasteiger partial charge in [0.2, 0.25) is 0 Å². The van der Waals surface area contributed by atoms with Gasteiger partial charge in [0, 0.05) is 29.0 Å². The van der Waals surface area contributed by atoms with Crippen LogP contribution in [0.5, 0.6) is 0 Å². The van der Waals surface area contributed by atoms with Crippen molar-refractivity contribution in [2.75, 3.05) is 7.05 Å². The third-order valence-corrected chi connectivity index (χ3v) is 4.63. The van der Waals surface area contributed by atoms with Crippen LogP contribution in [0.3, 0.4) is 0 Å². The summed E-state index contributed by atoms with van der Waals surface area (Å²) < 4.78 is 44.4. The number of furan rings is 1. The molecule has 0 fully saturated rings. The number of carbonyl (C=O) groups excluding carboxylic acids is 1. The maximum atomic E-state index is 12.7. The molecule has 0 N–H and O–H groups in total. The summed E-state index contributed by atoms with van der Waals surface area (Å²) in [6.45, 7) is 1.98. The van der Waals surface area contributed by atoms with Crippen molar-refractivity contribution in [3.8, 4) is 0 Å². The van der Waals surface area contributed by atoms with E-state index in [0.717, 1.165) is 27.6 Å². The van der Waals surface area contributed by atoms with E-state index in [2.05, 4.69) is 15.9 Å². The third-order valence-electron chi connectivity index (χ3n) is 4.14. The Labute approximate surface area is 156 Å². The van der Waals surface area contributed by atoms with Gasteiger partial charge in [-0.05, 0) is 42.8 Å². The lowest BCUT2D eigenvalue weighted by atomic mass is 10.1. The fraction of sp³-hybridized carbons (Fsp3) is 0.211. The molecular weight excluding hydrogens is 411 g/mol. The fourth-order valence-corrected chi connectivity index (χ4v) is 3.08. The van der Waals surface area contributed by atoms with Gasteiger partial charge in [-0.3, -0.25) is 4.79 Å². The first-order valence-corrected chi connectivity index (χ1v) is 8.56. The largest absolute Gasteiger partial charge is 0.451 e. The molecule has 3 aromatic rings. The molecule has 0 bridgehead atoms. The molecule has 0 atom stereocenters. The number of nitrogens with zero attached hydrogens (tertiary/aromatic N) is 1. The SMILES string of the molecule is Cc1c(C(=O)N(C)Cc2ccc(C(F)(F)F)cc2)oc2ccc(Br)cc12. The zero-order valence-electron chi connectivity index (χ0n) is 14.0. The van der Waals surface area contributed by atoms with Crippen LogP contribution in [0.4, 0.5) is 13.2 Å². The normalized spacial score (nSPS) is 11.8. The van der Waals surface area contributed by atoms with E-state index in [-0.39, 0.29) is 18.2 Å². The maximum absolute atomic E-state index is 12.7. The summed E-state index contributed by atoms with van der Waals surface area (Å²) in [5, 5.41) is 0.839. The molecule has 0 aliphatic heterocycles. The van der Waals surface area contributed by atoms with Crippen LogP contribution in [-0.4, -0.2) is 17.9 Å². The number of hydrogen-bond donors (Lipinski definition) is 0. The van der Waals surface area contributed by atoms with Crippen molar-refractivity contribution in [2.24, 2.45) is 0 Å². The van der Waals surface area contributed by atoms with Crippen LogP contribution in [0.2, 0.25) is 0 Å². The average molecular weight is 426 g/mol. The van der Waals surface area contributed by atoms with Crippen LogP contribution < -0.4 is 0 Å². The standard InChI is InChI=1S/C19H15BrF3NO2/c1-11-15-9-14(20)7-8-16(15)26-17(11)18(25)24(2)10-12-3-5-13(6-4-12)19(21,22)23/h3-9H,10H2,1-2H3. The quantitative estimate of drug-likeness (QED) is 0.531. The summed E-state index contributed by atoms with van der Waals surface area (Å²) >= 11 is 3.39. The number of rotatable bonds is 3. The van der Waals surface area contributed by atoms with Crippen molar-refractivity contribution in [1.82, 2.24) is 4.90 Å². The van der Waals surface area contributed by atoms with Gasteiger partial charge in [-0.25, -0.2) is 0 Å². The molecule has 0 saturated carbocycles. The first kappa shape index (κ1) is 18.5. The molecule has 1 heterocycles. The number of hydrogen-bond acceptors (Lipinski definition) is 2. The van der Waals surface area contributed by atoms with Gasteiger partial charge >= 0.3 is 6.18 Å². The second-order valence-corrected chi connectivity index (χ2v) is 6.97. The molecular formula is C19H15BrF3NO2. The second-order valence-electron chi connectivity index (χ2n) is 6.05. The van der Waals surface area contributed by atoms with E-state index >= 15 is 0 Å². The Balaban J connectivity index is 1.81. The van der Waals surface area contributed by atoms with Gasteiger partial charge in [0.15, 0.2) is 5.76 Å². The summed E-state index contributed by atoms with van der Waals surface area (Å²) in [7, 11) is 1.59. The molecule has 1 amide bonds. The van der Waals surface area contributed by atoms with Crippen molar-refractivity contribution in [2.45, 2.75) is 19.6 Å². The number of fused-ring (bicyclic) bond motifs is 1. The van der Waals surface area contributed by atoms with Crippen molar-refractivity contribution < 1.29 is 22.4 Å². The summed E-state index contributed by atoms with van der Waals surface area (Å²) in [4.78, 5) is 14.1. The molecule has 0 radical (unpaired) electrons. The number of amides is 1. The monoisotopic (exact) mass is 425 g/mol. The topological polar surface area (TPSA) is 33.5 Å². The molecule has 0 saturated heterocycles. The van der Waals surface area contributed by atoms with Crippen molar-refractivity contribution in [3.05, 3.63) is 69.4 Å². The Bertz CT molecular complexity index is 961. The van der Waals surface area contributed by atoms with Crippen molar-refractivity contribution in [1.29, 1.82) is 0 Å². The minimum absolute atomic E-state index is 0.178. The van der Waals surface area contributed by atoms with Crippen molar-refractivity contribution >= 4 is 32.8 Å². The Morgan fingerprint density at radius 1 is 1.15 bits per heavy atom. The van der Waals surface area contributed by atoms with Gasteiger partial charge in [-0.15, -0.1) is 0 Å². The highest BCUT2D eigenvalue weighted by Gasteiger charge is 2.30. The molecule has 0 aliphatic rings. The first-order chi connectivity index (χ1) is 12.2. The van der Waals surface area contributed by atoms with Gasteiger partial charge < -0.3 is 9.32 Å². The number of halogens is 4. The summed E-state index contributed by atoms with van der Waals surface area (Å²) in [5.41, 5.74) is 1.22. The van der Waals surface area contributed by atoms with Crippen LogP contribution >= 0.6 is 15.9 Å². The van der Waals surface area contributed by atoms with Crippen LogP contribution in [-0.2, 0) is 12.7 Å². The Kier molecular flexibility index (Phi) is 4.84. The predicted octanol–water partition coefficient (Wildman–Crippen LogP) is 5.79. The lowest BCUT2D eigenvalue weighted by molar-refractivity contribution is -0.137. The Morgan fingerprint density at radius 3 is 2.42 bits per heavy atom. The highest BCUT2D eigenvalue weighted by Crippen LogP contribution is 2.30. The Morgan fingerprint density at radius 2 is 1.81 bits per heavy atom. The highest BCUT2D eigenvalue weighted by atomic mass is 79.9. The van der Waals surface area contributed by atoms with Gasteiger partial charge in [-0.2, -0.15) is 13.2 Å². The molecule has 0 spiro atoms. The first-order valence-electron chi connectivity index (χ1n) is 7.77. The molecule has 2 aromatic carbocycles. The summed E-state index contributed by atoms with van der Waals surface area (Å²) in [6.07, 6.45) is -4.38. The lowest BCUT2D eigenvalue weighted by Crippen LogP contribution is -2.26. The molecule has 7 heteroatoms. The smallest absolute Gasteiger partial charge is 0.416 e. The van der Waals surface area contributed by atoms with Crippen molar-refractivity contribution in [3.63, 3.8) is 0 Å². The fourth-order valence-electron chi connectivity index (χ4n) is 2.72. The third kappa shape index (κ3) is 3.62. The number of benzene rings is 2. The van der Waals surface area contributed by atoms with Gasteiger partial charge in [0.1, 0.15) is 5.58 Å². The molecule has 26 heavy (non-hydrogen) atoms. The second kappa shape index (κ2) is 6.79. The van der Waals surface area contributed by atoms with Gasteiger partial charge in [0.25, 0.3) is 5.91 Å². The molecule has 0 unspecified atom stereocenters. The van der Waals surface area contributed by atoms with E-state index in [1.807, 2.05) is 12.1 Å². The van der Waals surface area contributed by atoms with Crippen LogP contribution in [0.15, 0.2) is 51.4 Å². The molecule has 3 rings (SSSR count). The lowest BCUT2D eigenvalue weighted by Gasteiger charge is -2.17. The summed E-state index contributed by atoms with van der Waals surface area (Å²) in [5.74, 6) is -0.0952. The number of aryl methyl sites for hydroxylation is 1. The predicted molar refractivity (Wildman–Crippen MR) is 95.9 cm³/mol. The van der Waals surface area contributed by atoms with E-state index in [4.69, 9.17) is 4.42 Å². The van der Waals surface area contributed by atoms with E-state index in [0.29, 0.717) is 11.1 Å². The Hall–Kier alpha value is -2.28. The maximum Gasteiger partial charge on any atom is 0.416 e. The van der Waals surface area contributed by atoms with E-state index in [1.54, 1.807) is 20.0 Å². The molecule has 3 nitrogen and oxygen atoms in total. The minimum Gasteiger partial charge on any atom is -0.451 e. The van der Waals surface area contributed by atoms with Crippen LogP contribution in [0, 0.1) is 6.92 Å². The zero-order valence-corrected chi connectivity index (χ0v) is 15.6. The van der Waals surface area contributed by atoms with E-state index in [1.165, 1.54) is 17.0 Å². The van der Waals surface area contributed by atoms with Crippen LogP contribution in [0.25, 0.3) is 11.0 Å². The number of carbonyl (C=O) groups is 1. The average Bonchev–Trinajstić information content (AvgIpc) is 2.90. The zero-order chi connectivity index (χ0) is 19.1. The van der Waals surface area contributed by atoms with Gasteiger partial charge in [0.05, 0.1) is 5.56 Å². The molecule has 136 valence electrons. The minimum atomic E-state index is -4.38. The number of alkyl halides is 3. The van der Waals surface area contributed by atoms with Gasteiger partial charge in [-0.1, -0.05) is 28.1 Å². The van der Waals surface area contributed by atoms with E-state index < -0.39 is 11.7 Å².